The summed E-state index contributed by atoms with van der Waals surface area (Å²) in [6.07, 6.45) is -2.77. The maximum absolute atomic E-state index is 12.6. The third kappa shape index (κ3) is 2.11. The molecule has 1 aromatic rings. The minimum absolute atomic E-state index is 0.431. The van der Waals surface area contributed by atoms with Crippen molar-refractivity contribution in [2.75, 3.05) is 7.11 Å². The molecule has 0 aliphatic heterocycles. The summed E-state index contributed by atoms with van der Waals surface area (Å²) in [7, 11) is 1.53. The van der Waals surface area contributed by atoms with Gasteiger partial charge in [0, 0.05) is 11.6 Å². The molecule has 1 aromatic carbocycles. The number of rotatable bonds is 2. The summed E-state index contributed by atoms with van der Waals surface area (Å²) >= 11 is 3.10. The van der Waals surface area contributed by atoms with Gasteiger partial charge in [-0.15, -0.1) is 0 Å². The molecule has 16 heavy (non-hydrogen) atoms. The Kier molecular flexibility index (Phi) is 2.78. The molecule has 88 valence electrons. The third-order valence-corrected chi connectivity index (χ3v) is 3.30. The fraction of sp³-hybridized carbons (Fsp3) is 0.455. The number of benzene rings is 1. The van der Waals surface area contributed by atoms with Gasteiger partial charge < -0.3 is 4.74 Å². The fourth-order valence-corrected chi connectivity index (χ4v) is 2.23. The number of ether oxygens (including phenoxy) is 1. The summed E-state index contributed by atoms with van der Waals surface area (Å²) in [6.45, 7) is 0. The number of methoxy groups -OCH3 is 1. The van der Waals surface area contributed by atoms with Crippen LogP contribution in [0.25, 0.3) is 0 Å². The van der Waals surface area contributed by atoms with Crippen LogP contribution in [0, 0.1) is 0 Å². The minimum atomic E-state index is -4.32. The predicted octanol–water partition coefficient (Wildman–Crippen LogP) is 4.10. The van der Waals surface area contributed by atoms with Crippen molar-refractivity contribution in [1.29, 1.82) is 0 Å². The Morgan fingerprint density at radius 3 is 2.31 bits per heavy atom. The van der Waals surface area contributed by atoms with Gasteiger partial charge in [-0.25, -0.2) is 0 Å². The number of hydrogen-bond acceptors (Lipinski definition) is 1. The van der Waals surface area contributed by atoms with E-state index in [4.69, 9.17) is 4.74 Å². The van der Waals surface area contributed by atoms with E-state index < -0.39 is 17.3 Å². The van der Waals surface area contributed by atoms with Crippen LogP contribution in [-0.2, 0) is 16.5 Å². The van der Waals surface area contributed by atoms with Gasteiger partial charge in [-0.05, 0) is 36.6 Å². The second-order valence-corrected chi connectivity index (χ2v) is 4.84. The fourth-order valence-electron chi connectivity index (χ4n) is 1.74. The predicted molar refractivity (Wildman–Crippen MR) is 57.1 cm³/mol. The van der Waals surface area contributed by atoms with E-state index in [1.54, 1.807) is 6.07 Å². The summed E-state index contributed by atoms with van der Waals surface area (Å²) < 4.78 is 43.5. The quantitative estimate of drug-likeness (QED) is 0.798. The van der Waals surface area contributed by atoms with E-state index in [2.05, 4.69) is 15.9 Å². The van der Waals surface area contributed by atoms with Crippen LogP contribution in [-0.4, -0.2) is 7.11 Å². The van der Waals surface area contributed by atoms with E-state index in [0.717, 1.165) is 18.9 Å². The van der Waals surface area contributed by atoms with Crippen LogP contribution in [0.4, 0.5) is 13.2 Å². The molecule has 0 heterocycles. The van der Waals surface area contributed by atoms with Gasteiger partial charge in [0.1, 0.15) is 0 Å². The van der Waals surface area contributed by atoms with Gasteiger partial charge in [-0.1, -0.05) is 15.9 Å². The van der Waals surface area contributed by atoms with E-state index in [1.165, 1.54) is 13.2 Å². The summed E-state index contributed by atoms with van der Waals surface area (Å²) in [5, 5.41) is 0. The maximum Gasteiger partial charge on any atom is 0.416 e. The van der Waals surface area contributed by atoms with E-state index in [0.29, 0.717) is 10.0 Å². The monoisotopic (exact) mass is 294 g/mol. The Morgan fingerprint density at radius 1 is 1.25 bits per heavy atom. The normalized spacial score (nSPS) is 18.6. The third-order valence-electron chi connectivity index (χ3n) is 2.85. The van der Waals surface area contributed by atoms with Crippen molar-refractivity contribution in [1.82, 2.24) is 0 Å². The highest BCUT2D eigenvalue weighted by atomic mass is 79.9. The van der Waals surface area contributed by atoms with Crippen molar-refractivity contribution in [3.8, 4) is 0 Å². The minimum Gasteiger partial charge on any atom is -0.374 e. The topological polar surface area (TPSA) is 9.23 Å². The van der Waals surface area contributed by atoms with Crippen LogP contribution in [0.15, 0.2) is 22.7 Å². The molecule has 1 aliphatic rings. The van der Waals surface area contributed by atoms with Crippen LogP contribution in [0.1, 0.15) is 24.0 Å². The van der Waals surface area contributed by atoms with E-state index in [9.17, 15) is 13.2 Å². The first kappa shape index (κ1) is 11.9. The van der Waals surface area contributed by atoms with Crippen LogP contribution >= 0.6 is 15.9 Å². The molecule has 1 nitrogen and oxygen atoms in total. The molecular weight excluding hydrogens is 285 g/mol. The van der Waals surface area contributed by atoms with Gasteiger partial charge in [0.15, 0.2) is 0 Å². The molecule has 0 radical (unpaired) electrons. The van der Waals surface area contributed by atoms with Gasteiger partial charge >= 0.3 is 6.18 Å². The second-order valence-electron chi connectivity index (χ2n) is 3.92. The first-order chi connectivity index (χ1) is 7.37. The Labute approximate surface area is 99.7 Å². The lowest BCUT2D eigenvalue weighted by molar-refractivity contribution is -0.137. The molecule has 0 unspecified atom stereocenters. The molecule has 0 aromatic heterocycles. The van der Waals surface area contributed by atoms with Crippen molar-refractivity contribution < 1.29 is 17.9 Å². The van der Waals surface area contributed by atoms with E-state index in [1.807, 2.05) is 0 Å². The lowest BCUT2D eigenvalue weighted by Crippen LogP contribution is -2.12. The molecule has 1 saturated carbocycles. The van der Waals surface area contributed by atoms with Gasteiger partial charge in [-0.2, -0.15) is 13.2 Å². The van der Waals surface area contributed by atoms with Crippen LogP contribution in [0.2, 0.25) is 0 Å². The van der Waals surface area contributed by atoms with Gasteiger partial charge in [0.25, 0.3) is 0 Å². The highest BCUT2D eigenvalue weighted by Crippen LogP contribution is 2.50. The van der Waals surface area contributed by atoms with Crippen LogP contribution < -0.4 is 0 Å². The Bertz CT molecular complexity index is 410. The second kappa shape index (κ2) is 3.74. The van der Waals surface area contributed by atoms with Crippen LogP contribution in [0.3, 0.4) is 0 Å². The Balaban J connectivity index is 2.45. The van der Waals surface area contributed by atoms with Crippen molar-refractivity contribution >= 4 is 15.9 Å². The zero-order valence-electron chi connectivity index (χ0n) is 8.57. The van der Waals surface area contributed by atoms with E-state index >= 15 is 0 Å². The molecule has 0 bridgehead atoms. The lowest BCUT2D eigenvalue weighted by Gasteiger charge is -2.16. The van der Waals surface area contributed by atoms with Crippen molar-refractivity contribution in [2.24, 2.45) is 0 Å². The SMILES string of the molecule is COC1(c2cc(Br)cc(C(F)(F)F)c2)CC1. The average molecular weight is 295 g/mol. The van der Waals surface area contributed by atoms with Crippen molar-refractivity contribution in [3.05, 3.63) is 33.8 Å². The summed E-state index contributed by atoms with van der Waals surface area (Å²) in [6, 6.07) is 3.93. The van der Waals surface area contributed by atoms with Gasteiger partial charge in [0.05, 0.1) is 11.2 Å². The van der Waals surface area contributed by atoms with E-state index in [-0.39, 0.29) is 0 Å². The van der Waals surface area contributed by atoms with Gasteiger partial charge in [-0.3, -0.25) is 0 Å². The largest absolute Gasteiger partial charge is 0.416 e. The van der Waals surface area contributed by atoms with Gasteiger partial charge in [0.2, 0.25) is 0 Å². The lowest BCUT2D eigenvalue weighted by atomic mass is 10.0. The number of hydrogen-bond donors (Lipinski definition) is 0. The Hall–Kier alpha value is -0.550. The zero-order valence-corrected chi connectivity index (χ0v) is 10.2. The summed E-state index contributed by atoms with van der Waals surface area (Å²) in [4.78, 5) is 0. The molecule has 0 saturated heterocycles. The number of halogens is 4. The standard InChI is InChI=1S/C11H10BrF3O/c1-16-10(2-3-10)7-4-8(11(13,14)15)6-9(12)5-7/h4-6H,2-3H2,1H3. The first-order valence-electron chi connectivity index (χ1n) is 4.81. The molecule has 0 spiro atoms. The molecule has 2 rings (SSSR count). The molecular formula is C11H10BrF3O. The highest BCUT2D eigenvalue weighted by Gasteiger charge is 2.46. The average Bonchev–Trinajstić information content (AvgIpc) is 2.96. The van der Waals surface area contributed by atoms with Crippen molar-refractivity contribution in [3.63, 3.8) is 0 Å². The zero-order chi connectivity index (χ0) is 12.0. The molecule has 1 aliphatic carbocycles. The van der Waals surface area contributed by atoms with Crippen LogP contribution in [0.5, 0.6) is 0 Å². The summed E-state index contributed by atoms with van der Waals surface area (Å²) in [5.41, 5.74) is -0.541. The molecule has 0 atom stereocenters. The Morgan fingerprint density at radius 2 is 1.88 bits per heavy atom. The maximum atomic E-state index is 12.6. The number of alkyl halides is 3. The molecule has 0 N–H and O–H groups in total. The molecule has 1 fully saturated rings. The molecule has 5 heteroatoms. The summed E-state index contributed by atoms with van der Waals surface area (Å²) in [5.74, 6) is 0. The first-order valence-corrected chi connectivity index (χ1v) is 5.60. The molecule has 0 amide bonds. The van der Waals surface area contributed by atoms with Crippen molar-refractivity contribution in [2.45, 2.75) is 24.6 Å². The smallest absolute Gasteiger partial charge is 0.374 e. The highest BCUT2D eigenvalue weighted by molar-refractivity contribution is 9.10.